The maximum atomic E-state index is 12.3. The van der Waals surface area contributed by atoms with E-state index < -0.39 is 5.97 Å². The lowest BCUT2D eigenvalue weighted by atomic mass is 9.88. The van der Waals surface area contributed by atoms with Crippen LogP contribution in [0.3, 0.4) is 0 Å². The van der Waals surface area contributed by atoms with Crippen molar-refractivity contribution in [2.24, 2.45) is 0 Å². The van der Waals surface area contributed by atoms with Crippen LogP contribution in [-0.2, 0) is 16.0 Å². The van der Waals surface area contributed by atoms with E-state index in [1.54, 1.807) is 12.1 Å². The van der Waals surface area contributed by atoms with E-state index in [4.69, 9.17) is 4.74 Å². The van der Waals surface area contributed by atoms with E-state index in [1.807, 2.05) is 39.0 Å². The Labute approximate surface area is 177 Å². The van der Waals surface area contributed by atoms with Gasteiger partial charge in [-0.2, -0.15) is 0 Å². The second-order valence-corrected chi connectivity index (χ2v) is 8.57. The third-order valence-electron chi connectivity index (χ3n) is 4.91. The fraction of sp³-hybridized carbons (Fsp3) is 0.375. The molecule has 2 N–H and O–H groups in total. The molecule has 158 valence electrons. The van der Waals surface area contributed by atoms with Crippen LogP contribution >= 0.6 is 0 Å². The maximum absolute atomic E-state index is 12.3. The van der Waals surface area contributed by atoms with Gasteiger partial charge in [0.15, 0.2) is 6.61 Å². The first-order valence-corrected chi connectivity index (χ1v) is 10.2. The lowest BCUT2D eigenvalue weighted by molar-refractivity contribution is -0.125. The zero-order valence-corrected chi connectivity index (χ0v) is 17.7. The Morgan fingerprint density at radius 1 is 1.00 bits per heavy atom. The summed E-state index contributed by atoms with van der Waals surface area (Å²) < 4.78 is 5.15. The van der Waals surface area contributed by atoms with Crippen LogP contribution in [0.1, 0.15) is 71.5 Å². The number of fused-ring (bicyclic) bond motifs is 1. The third kappa shape index (κ3) is 5.69. The summed E-state index contributed by atoms with van der Waals surface area (Å²) in [6.07, 6.45) is 2.90. The zero-order valence-electron chi connectivity index (χ0n) is 17.7. The van der Waals surface area contributed by atoms with Gasteiger partial charge in [0.2, 0.25) is 0 Å². The largest absolute Gasteiger partial charge is 0.452 e. The lowest BCUT2D eigenvalue weighted by Gasteiger charge is -2.26. The molecule has 3 rings (SSSR count). The summed E-state index contributed by atoms with van der Waals surface area (Å²) in [7, 11) is 0. The van der Waals surface area contributed by atoms with Crippen molar-refractivity contribution in [3.63, 3.8) is 0 Å². The first kappa shape index (κ1) is 21.6. The standard InChI is InChI=1S/C24H28N2O4/c1-24(2,3)26-22(28)17-11-13-18(14-12-17)23(29)30-15-21(27)25-20-10-6-8-16-7-4-5-9-19(16)20/h4-5,7,9,11-14,20H,6,8,10,15H2,1-3H3,(H,25,27)(H,26,28). The smallest absolute Gasteiger partial charge is 0.338 e. The summed E-state index contributed by atoms with van der Waals surface area (Å²) in [6.45, 7) is 5.35. The van der Waals surface area contributed by atoms with E-state index >= 15 is 0 Å². The van der Waals surface area contributed by atoms with Gasteiger partial charge < -0.3 is 15.4 Å². The number of nitrogens with one attached hydrogen (secondary N) is 2. The molecule has 0 bridgehead atoms. The van der Waals surface area contributed by atoms with Crippen molar-refractivity contribution in [1.29, 1.82) is 0 Å². The number of aryl methyl sites for hydroxylation is 1. The molecule has 0 spiro atoms. The fourth-order valence-corrected chi connectivity index (χ4v) is 3.52. The van der Waals surface area contributed by atoms with E-state index in [2.05, 4.69) is 16.7 Å². The predicted octanol–water partition coefficient (Wildman–Crippen LogP) is 3.57. The highest BCUT2D eigenvalue weighted by atomic mass is 16.5. The Morgan fingerprint density at radius 3 is 2.37 bits per heavy atom. The molecule has 0 fully saturated rings. The molecule has 2 aromatic rings. The van der Waals surface area contributed by atoms with Gasteiger partial charge >= 0.3 is 5.97 Å². The molecule has 1 unspecified atom stereocenters. The van der Waals surface area contributed by atoms with Crippen LogP contribution in [0, 0.1) is 0 Å². The van der Waals surface area contributed by atoms with Gasteiger partial charge in [-0.15, -0.1) is 0 Å². The molecule has 6 heteroatoms. The summed E-state index contributed by atoms with van der Waals surface area (Å²) in [5.41, 5.74) is 2.78. The van der Waals surface area contributed by atoms with Crippen molar-refractivity contribution in [3.8, 4) is 0 Å². The van der Waals surface area contributed by atoms with Crippen LogP contribution in [0.5, 0.6) is 0 Å². The van der Waals surface area contributed by atoms with Gasteiger partial charge in [-0.05, 0) is 75.4 Å². The minimum atomic E-state index is -0.600. The van der Waals surface area contributed by atoms with Gasteiger partial charge in [-0.25, -0.2) is 4.79 Å². The number of esters is 1. The number of benzene rings is 2. The molecule has 1 aliphatic rings. The topological polar surface area (TPSA) is 84.5 Å². The van der Waals surface area contributed by atoms with E-state index in [0.717, 1.165) is 24.8 Å². The Balaban J connectivity index is 1.52. The number of rotatable bonds is 5. The number of carbonyl (C=O) groups is 3. The molecule has 6 nitrogen and oxygen atoms in total. The minimum Gasteiger partial charge on any atom is -0.452 e. The summed E-state index contributed by atoms with van der Waals surface area (Å²) >= 11 is 0. The molecule has 2 amide bonds. The predicted molar refractivity (Wildman–Crippen MR) is 114 cm³/mol. The highest BCUT2D eigenvalue weighted by Crippen LogP contribution is 2.29. The molecule has 30 heavy (non-hydrogen) atoms. The molecular formula is C24H28N2O4. The average Bonchev–Trinajstić information content (AvgIpc) is 2.71. The van der Waals surface area contributed by atoms with Crippen LogP contribution in [-0.4, -0.2) is 29.9 Å². The van der Waals surface area contributed by atoms with E-state index in [9.17, 15) is 14.4 Å². The number of carbonyl (C=O) groups excluding carboxylic acids is 3. The molecule has 0 heterocycles. The number of hydrogen-bond donors (Lipinski definition) is 2. The monoisotopic (exact) mass is 408 g/mol. The molecule has 0 radical (unpaired) electrons. The third-order valence-corrected chi connectivity index (χ3v) is 4.91. The fourth-order valence-electron chi connectivity index (χ4n) is 3.52. The quantitative estimate of drug-likeness (QED) is 0.741. The molecule has 1 aliphatic carbocycles. The summed E-state index contributed by atoms with van der Waals surface area (Å²) in [5, 5.41) is 5.82. The maximum Gasteiger partial charge on any atom is 0.338 e. The minimum absolute atomic E-state index is 0.0539. The van der Waals surface area contributed by atoms with Crippen molar-refractivity contribution >= 4 is 17.8 Å². The molecule has 0 aromatic heterocycles. The number of ether oxygens (including phenoxy) is 1. The molecule has 1 atom stereocenters. The zero-order chi connectivity index (χ0) is 21.7. The van der Waals surface area contributed by atoms with Crippen molar-refractivity contribution < 1.29 is 19.1 Å². The Kier molecular flexibility index (Phi) is 6.55. The van der Waals surface area contributed by atoms with Gasteiger partial charge in [-0.3, -0.25) is 9.59 Å². The SMILES string of the molecule is CC(C)(C)NC(=O)c1ccc(C(=O)OCC(=O)NC2CCCc3ccccc32)cc1. The lowest BCUT2D eigenvalue weighted by Crippen LogP contribution is -2.40. The first-order chi connectivity index (χ1) is 14.2. The Hall–Kier alpha value is -3.15. The number of amides is 2. The van der Waals surface area contributed by atoms with Crippen LogP contribution in [0.25, 0.3) is 0 Å². The second kappa shape index (κ2) is 9.11. The number of hydrogen-bond acceptors (Lipinski definition) is 4. The molecule has 2 aromatic carbocycles. The second-order valence-electron chi connectivity index (χ2n) is 8.57. The molecule has 0 saturated heterocycles. The normalized spacial score (nSPS) is 15.6. The van der Waals surface area contributed by atoms with Crippen molar-refractivity contribution in [2.75, 3.05) is 6.61 Å². The van der Waals surface area contributed by atoms with E-state index in [-0.39, 0.29) is 35.6 Å². The molecule has 0 aliphatic heterocycles. The van der Waals surface area contributed by atoms with Gasteiger partial charge in [0.1, 0.15) is 0 Å². The summed E-state index contributed by atoms with van der Waals surface area (Å²) in [5.74, 6) is -1.14. The molecule has 0 saturated carbocycles. The summed E-state index contributed by atoms with van der Waals surface area (Å²) in [4.78, 5) is 36.7. The average molecular weight is 408 g/mol. The van der Waals surface area contributed by atoms with E-state index in [1.165, 1.54) is 17.7 Å². The highest BCUT2D eigenvalue weighted by molar-refractivity contribution is 5.96. The van der Waals surface area contributed by atoms with Gasteiger partial charge in [-0.1, -0.05) is 24.3 Å². The van der Waals surface area contributed by atoms with Gasteiger partial charge in [0.25, 0.3) is 11.8 Å². The van der Waals surface area contributed by atoms with Crippen LogP contribution < -0.4 is 10.6 Å². The summed E-state index contributed by atoms with van der Waals surface area (Å²) in [6, 6.07) is 14.2. The first-order valence-electron chi connectivity index (χ1n) is 10.2. The van der Waals surface area contributed by atoms with Gasteiger partial charge in [0, 0.05) is 11.1 Å². The Morgan fingerprint density at radius 2 is 1.67 bits per heavy atom. The van der Waals surface area contributed by atoms with Crippen LogP contribution in [0.4, 0.5) is 0 Å². The Bertz CT molecular complexity index is 929. The molecular weight excluding hydrogens is 380 g/mol. The van der Waals surface area contributed by atoms with Crippen molar-refractivity contribution in [3.05, 3.63) is 70.8 Å². The van der Waals surface area contributed by atoms with Crippen molar-refractivity contribution in [2.45, 2.75) is 51.6 Å². The van der Waals surface area contributed by atoms with Crippen LogP contribution in [0.15, 0.2) is 48.5 Å². The van der Waals surface area contributed by atoms with Crippen molar-refractivity contribution in [1.82, 2.24) is 10.6 Å². The van der Waals surface area contributed by atoms with E-state index in [0.29, 0.717) is 5.56 Å². The van der Waals surface area contributed by atoms with Gasteiger partial charge in [0.05, 0.1) is 11.6 Å². The van der Waals surface area contributed by atoms with Crippen LogP contribution in [0.2, 0.25) is 0 Å². The highest BCUT2D eigenvalue weighted by Gasteiger charge is 2.22.